The third-order valence-electron chi connectivity index (χ3n) is 7.13. The van der Waals surface area contributed by atoms with Gasteiger partial charge in [-0.05, 0) is 67.6 Å². The fourth-order valence-electron chi connectivity index (χ4n) is 6.04. The Morgan fingerprint density at radius 2 is 1.77 bits per heavy atom. The Kier molecular flexibility index (Phi) is 7.02. The molecule has 8 nitrogen and oxygen atoms in total. The summed E-state index contributed by atoms with van der Waals surface area (Å²) in [6.45, 7) is 2.49. The molecule has 1 aromatic rings. The molecule has 3 fully saturated rings. The van der Waals surface area contributed by atoms with Crippen LogP contribution >= 0.6 is 0 Å². The molecule has 4 rings (SSSR count). The number of benzene rings is 1. The Morgan fingerprint density at radius 1 is 1.06 bits per heavy atom. The number of fused-ring (bicyclic) bond motifs is 5. The lowest BCUT2D eigenvalue weighted by Gasteiger charge is -2.37. The first-order valence-electron chi connectivity index (χ1n) is 11.6. The molecular weight excluding hydrogens is 493 g/mol. The van der Waals surface area contributed by atoms with Crippen LogP contribution in [0, 0.1) is 23.7 Å². The quantitative estimate of drug-likeness (QED) is 0.270. The lowest BCUT2D eigenvalue weighted by atomic mass is 9.80. The van der Waals surface area contributed by atoms with Crippen LogP contribution in [0.15, 0.2) is 18.2 Å². The molecule has 3 saturated carbocycles. The summed E-state index contributed by atoms with van der Waals surface area (Å²) in [5, 5.41) is 0. The summed E-state index contributed by atoms with van der Waals surface area (Å²) in [5.41, 5.74) is -0.206. The highest BCUT2D eigenvalue weighted by Gasteiger charge is 2.55. The van der Waals surface area contributed by atoms with Crippen molar-refractivity contribution in [1.82, 2.24) is 0 Å². The molecule has 5 unspecified atom stereocenters. The van der Waals surface area contributed by atoms with Gasteiger partial charge in [-0.2, -0.15) is 0 Å². The van der Waals surface area contributed by atoms with E-state index in [2.05, 4.69) is 4.74 Å². The van der Waals surface area contributed by atoms with Crippen molar-refractivity contribution in [2.24, 2.45) is 23.7 Å². The molecular formula is C23H28F3O8S-. The Morgan fingerprint density at radius 3 is 2.46 bits per heavy atom. The molecule has 0 aromatic heterocycles. The molecule has 12 heteroatoms. The van der Waals surface area contributed by atoms with Crippen LogP contribution in [-0.2, 0) is 19.6 Å². The normalized spacial score (nSPS) is 28.1. The molecule has 2 bridgehead atoms. The van der Waals surface area contributed by atoms with Crippen LogP contribution in [0.3, 0.4) is 0 Å². The van der Waals surface area contributed by atoms with E-state index in [9.17, 15) is 30.9 Å². The summed E-state index contributed by atoms with van der Waals surface area (Å²) in [6.07, 6.45) is 0.558. The molecule has 0 radical (unpaired) electrons. The van der Waals surface area contributed by atoms with E-state index in [1.54, 1.807) is 13.8 Å². The Balaban J connectivity index is 1.48. The van der Waals surface area contributed by atoms with Gasteiger partial charge in [0.15, 0.2) is 11.5 Å². The van der Waals surface area contributed by atoms with Gasteiger partial charge in [0.1, 0.15) is 6.61 Å². The van der Waals surface area contributed by atoms with Gasteiger partial charge >= 0.3 is 12.3 Å². The van der Waals surface area contributed by atoms with Crippen molar-refractivity contribution >= 4 is 16.1 Å². The van der Waals surface area contributed by atoms with E-state index < -0.39 is 46.3 Å². The van der Waals surface area contributed by atoms with Gasteiger partial charge in [-0.1, -0.05) is 6.42 Å². The minimum atomic E-state index is -5.00. The van der Waals surface area contributed by atoms with Crippen LogP contribution in [0.1, 0.15) is 56.3 Å². The minimum Gasteiger partial charge on any atom is -0.748 e. The number of hydrogen-bond donors (Lipinski definition) is 0. The fourth-order valence-corrected chi connectivity index (χ4v) is 6.33. The number of hydrogen-bond acceptors (Lipinski definition) is 8. The highest BCUT2D eigenvalue weighted by atomic mass is 32.2. The Hall–Kier alpha value is -2.05. The van der Waals surface area contributed by atoms with Crippen LogP contribution < -0.4 is 9.47 Å². The maximum Gasteiger partial charge on any atom is 0.573 e. The highest BCUT2D eigenvalue weighted by Crippen LogP contribution is 2.59. The first kappa shape index (κ1) is 26.0. The van der Waals surface area contributed by atoms with Gasteiger partial charge in [0.25, 0.3) is 0 Å². The first-order chi connectivity index (χ1) is 16.2. The van der Waals surface area contributed by atoms with Gasteiger partial charge in [0.2, 0.25) is 5.79 Å². The van der Waals surface area contributed by atoms with Gasteiger partial charge in [-0.3, -0.25) is 0 Å². The van der Waals surface area contributed by atoms with Gasteiger partial charge in [0.05, 0.1) is 27.5 Å². The van der Waals surface area contributed by atoms with E-state index in [1.807, 2.05) is 0 Å². The summed E-state index contributed by atoms with van der Waals surface area (Å²) in [5.74, 6) is -1.97. The number of esters is 1. The second-order valence-corrected chi connectivity index (χ2v) is 11.4. The lowest BCUT2D eigenvalue weighted by Crippen LogP contribution is -2.41. The molecule has 0 saturated heterocycles. The Labute approximate surface area is 201 Å². The minimum absolute atomic E-state index is 0.0662. The van der Waals surface area contributed by atoms with Crippen LogP contribution in [0.4, 0.5) is 13.2 Å². The fraction of sp³-hybridized carbons (Fsp3) is 0.696. The summed E-state index contributed by atoms with van der Waals surface area (Å²) >= 11 is 0. The SMILES string of the molecule is CC(C)(Oc1cc(C(=O)OCCS(=O)(=O)[O-])ccc1OC(F)(F)F)OC1CC2CC1C1CCCC21. The van der Waals surface area contributed by atoms with Crippen molar-refractivity contribution in [1.29, 1.82) is 0 Å². The predicted molar refractivity (Wildman–Crippen MR) is 115 cm³/mol. The molecule has 0 heterocycles. The molecule has 5 atom stereocenters. The molecule has 0 spiro atoms. The average Bonchev–Trinajstić information content (AvgIpc) is 3.40. The van der Waals surface area contributed by atoms with Gasteiger partial charge in [-0.15, -0.1) is 13.2 Å². The molecule has 0 N–H and O–H groups in total. The monoisotopic (exact) mass is 521 g/mol. The third kappa shape index (κ3) is 6.39. The van der Waals surface area contributed by atoms with Crippen LogP contribution in [0.25, 0.3) is 0 Å². The van der Waals surface area contributed by atoms with Crippen molar-refractivity contribution in [3.8, 4) is 11.5 Å². The molecule has 0 aliphatic heterocycles. The van der Waals surface area contributed by atoms with Gasteiger partial charge in [0, 0.05) is 13.8 Å². The lowest BCUT2D eigenvalue weighted by molar-refractivity contribution is -0.276. The topological polar surface area (TPSA) is 111 Å². The molecule has 0 amide bonds. The average molecular weight is 522 g/mol. The maximum atomic E-state index is 13.0. The highest BCUT2D eigenvalue weighted by molar-refractivity contribution is 7.85. The number of halogens is 3. The molecule has 3 aliphatic rings. The molecule has 35 heavy (non-hydrogen) atoms. The van der Waals surface area contributed by atoms with E-state index in [0.717, 1.165) is 37.0 Å². The maximum absolute atomic E-state index is 13.0. The zero-order chi connectivity index (χ0) is 25.6. The second-order valence-electron chi connectivity index (χ2n) is 9.92. The standard InChI is InChI=1S/C23H29F3O8S/c1-22(2,32-19-12-14-10-17(19)16-5-3-4-15(14)16)33-20-11-13(6-7-18(20)34-23(24,25)26)21(27)31-8-9-35(28,29)30/h6-7,11,14-17,19H,3-5,8-10,12H2,1-2H3,(H,28,29,30)/p-1. The summed E-state index contributed by atoms with van der Waals surface area (Å²) in [4.78, 5) is 12.2. The second kappa shape index (κ2) is 9.44. The number of rotatable bonds is 9. The largest absolute Gasteiger partial charge is 0.748 e. The van der Waals surface area contributed by atoms with Gasteiger partial charge in [-0.25, -0.2) is 13.2 Å². The van der Waals surface area contributed by atoms with Crippen molar-refractivity contribution in [3.05, 3.63) is 23.8 Å². The van der Waals surface area contributed by atoms with Crippen LogP contribution in [-0.4, -0.2) is 49.6 Å². The predicted octanol–water partition coefficient (Wildman–Crippen LogP) is 4.24. The van der Waals surface area contributed by atoms with E-state index >= 15 is 0 Å². The van der Waals surface area contributed by atoms with Gasteiger partial charge < -0.3 is 23.5 Å². The van der Waals surface area contributed by atoms with Crippen molar-refractivity contribution in [2.75, 3.05) is 12.4 Å². The summed E-state index contributed by atoms with van der Waals surface area (Å²) in [6, 6.07) is 2.93. The molecule has 1 aromatic carbocycles. The zero-order valence-corrected chi connectivity index (χ0v) is 20.2. The first-order valence-corrected chi connectivity index (χ1v) is 13.2. The van der Waals surface area contributed by atoms with Crippen molar-refractivity contribution in [2.45, 2.75) is 64.2 Å². The van der Waals surface area contributed by atoms with E-state index in [-0.39, 0.29) is 17.4 Å². The Bertz CT molecular complexity index is 1060. The van der Waals surface area contributed by atoms with E-state index in [1.165, 1.54) is 19.3 Å². The number of carbonyl (C=O) groups excluding carboxylic acids is 1. The summed E-state index contributed by atoms with van der Waals surface area (Å²) in [7, 11) is -4.60. The third-order valence-corrected chi connectivity index (χ3v) is 7.80. The van der Waals surface area contributed by atoms with E-state index in [0.29, 0.717) is 17.8 Å². The number of ether oxygens (including phenoxy) is 4. The smallest absolute Gasteiger partial charge is 0.573 e. The number of carbonyl (C=O) groups is 1. The van der Waals surface area contributed by atoms with Crippen molar-refractivity contribution in [3.63, 3.8) is 0 Å². The zero-order valence-electron chi connectivity index (χ0n) is 19.4. The van der Waals surface area contributed by atoms with Crippen molar-refractivity contribution < 1.29 is 49.9 Å². The van der Waals surface area contributed by atoms with Crippen LogP contribution in [0.2, 0.25) is 0 Å². The number of alkyl halides is 3. The molecule has 3 aliphatic carbocycles. The molecule has 196 valence electrons. The summed E-state index contributed by atoms with van der Waals surface area (Å²) < 4.78 is 91.8. The van der Waals surface area contributed by atoms with Crippen LogP contribution in [0.5, 0.6) is 11.5 Å². The van der Waals surface area contributed by atoms with E-state index in [4.69, 9.17) is 14.2 Å².